The first-order valence-corrected chi connectivity index (χ1v) is 7.81. The standard InChI is InChI=1S/C14H14F3NO2S/c1-2-13(14(15,16)17)18-21(19,20)12-9-5-7-10-6-3-4-8-11(10)12/h3-9,13,18H,2H2,1H3. The SMILES string of the molecule is CCC(NS(=O)(=O)c1cccc2ccccc12)C(F)(F)F. The normalized spacial score (nSPS) is 14.3. The number of halogens is 3. The number of benzene rings is 2. The highest BCUT2D eigenvalue weighted by Crippen LogP contribution is 2.27. The van der Waals surface area contributed by atoms with Crippen LogP contribution in [0.3, 0.4) is 0 Å². The van der Waals surface area contributed by atoms with Crippen LogP contribution in [0.5, 0.6) is 0 Å². The van der Waals surface area contributed by atoms with E-state index < -0.39 is 22.2 Å². The number of nitrogens with one attached hydrogen (secondary N) is 1. The first-order valence-electron chi connectivity index (χ1n) is 6.32. The number of hydrogen-bond acceptors (Lipinski definition) is 2. The van der Waals surface area contributed by atoms with Gasteiger partial charge in [0.05, 0.1) is 4.90 Å². The van der Waals surface area contributed by atoms with E-state index in [1.165, 1.54) is 19.1 Å². The van der Waals surface area contributed by atoms with Crippen molar-refractivity contribution in [2.24, 2.45) is 0 Å². The van der Waals surface area contributed by atoms with Crippen LogP contribution in [-0.2, 0) is 10.0 Å². The first kappa shape index (κ1) is 15.8. The molecule has 3 nitrogen and oxygen atoms in total. The van der Waals surface area contributed by atoms with Crippen LogP contribution in [0.4, 0.5) is 13.2 Å². The van der Waals surface area contributed by atoms with Crippen molar-refractivity contribution >= 4 is 20.8 Å². The highest BCUT2D eigenvalue weighted by atomic mass is 32.2. The lowest BCUT2D eigenvalue weighted by molar-refractivity contribution is -0.151. The molecule has 0 aliphatic heterocycles. The molecule has 2 aromatic carbocycles. The average Bonchev–Trinajstić information content (AvgIpc) is 2.43. The minimum Gasteiger partial charge on any atom is -0.207 e. The fourth-order valence-corrected chi connectivity index (χ4v) is 3.60. The van der Waals surface area contributed by atoms with E-state index >= 15 is 0 Å². The monoisotopic (exact) mass is 317 g/mol. The zero-order chi connectivity index (χ0) is 15.7. The van der Waals surface area contributed by atoms with E-state index in [2.05, 4.69) is 0 Å². The summed E-state index contributed by atoms with van der Waals surface area (Å²) in [5.74, 6) is 0. The van der Waals surface area contributed by atoms with Crippen molar-refractivity contribution in [2.45, 2.75) is 30.5 Å². The van der Waals surface area contributed by atoms with Crippen LogP contribution in [0, 0.1) is 0 Å². The largest absolute Gasteiger partial charge is 0.404 e. The van der Waals surface area contributed by atoms with E-state index in [1.54, 1.807) is 35.1 Å². The van der Waals surface area contributed by atoms with Gasteiger partial charge in [-0.3, -0.25) is 0 Å². The van der Waals surface area contributed by atoms with Crippen LogP contribution in [0.2, 0.25) is 0 Å². The average molecular weight is 317 g/mol. The van der Waals surface area contributed by atoms with Crippen LogP contribution in [0.15, 0.2) is 47.4 Å². The number of alkyl halides is 3. The summed E-state index contributed by atoms with van der Waals surface area (Å²) >= 11 is 0. The Kier molecular flexibility index (Phi) is 4.25. The maximum absolute atomic E-state index is 12.8. The third-order valence-corrected chi connectivity index (χ3v) is 4.67. The van der Waals surface area contributed by atoms with Crippen LogP contribution >= 0.6 is 0 Å². The van der Waals surface area contributed by atoms with Gasteiger partial charge in [0.15, 0.2) is 0 Å². The molecule has 0 fully saturated rings. The fraction of sp³-hybridized carbons (Fsp3) is 0.286. The number of fused-ring (bicyclic) bond motifs is 1. The van der Waals surface area contributed by atoms with Crippen molar-refractivity contribution in [1.82, 2.24) is 4.72 Å². The predicted molar refractivity (Wildman–Crippen MR) is 74.4 cm³/mol. The topological polar surface area (TPSA) is 46.2 Å². The lowest BCUT2D eigenvalue weighted by Gasteiger charge is -2.20. The number of sulfonamides is 1. The van der Waals surface area contributed by atoms with Crippen LogP contribution in [0.1, 0.15) is 13.3 Å². The molecule has 1 N–H and O–H groups in total. The van der Waals surface area contributed by atoms with Crippen molar-refractivity contribution in [3.8, 4) is 0 Å². The lowest BCUT2D eigenvalue weighted by atomic mass is 10.1. The zero-order valence-corrected chi connectivity index (χ0v) is 12.0. The Bertz CT molecular complexity index is 736. The Morgan fingerprint density at radius 3 is 2.33 bits per heavy atom. The zero-order valence-electron chi connectivity index (χ0n) is 11.2. The molecule has 0 aliphatic carbocycles. The molecule has 0 heterocycles. The van der Waals surface area contributed by atoms with E-state index in [4.69, 9.17) is 0 Å². The molecule has 0 saturated heterocycles. The molecule has 0 bridgehead atoms. The fourth-order valence-electron chi connectivity index (χ4n) is 2.06. The quantitative estimate of drug-likeness (QED) is 0.938. The van der Waals surface area contributed by atoms with Crippen LogP contribution < -0.4 is 4.72 Å². The summed E-state index contributed by atoms with van der Waals surface area (Å²) in [7, 11) is -4.25. The van der Waals surface area contributed by atoms with Crippen molar-refractivity contribution in [3.63, 3.8) is 0 Å². The molecule has 0 aromatic heterocycles. The summed E-state index contributed by atoms with van der Waals surface area (Å²) in [4.78, 5) is -0.150. The van der Waals surface area contributed by atoms with E-state index in [0.29, 0.717) is 10.8 Å². The van der Waals surface area contributed by atoms with Gasteiger partial charge in [0, 0.05) is 5.39 Å². The second kappa shape index (κ2) is 5.65. The molecule has 2 rings (SSSR count). The Morgan fingerprint density at radius 2 is 1.71 bits per heavy atom. The second-order valence-electron chi connectivity index (χ2n) is 4.60. The molecule has 7 heteroatoms. The minimum atomic E-state index is -4.62. The molecule has 2 aromatic rings. The molecule has 1 atom stereocenters. The number of rotatable bonds is 4. The Hall–Kier alpha value is -1.60. The third-order valence-electron chi connectivity index (χ3n) is 3.14. The molecular formula is C14H14F3NO2S. The lowest BCUT2D eigenvalue weighted by Crippen LogP contribution is -2.44. The molecule has 0 radical (unpaired) electrons. The molecule has 0 saturated carbocycles. The van der Waals surface area contributed by atoms with Gasteiger partial charge in [0.1, 0.15) is 6.04 Å². The summed E-state index contributed by atoms with van der Waals surface area (Å²) in [6.07, 6.45) is -4.99. The Morgan fingerprint density at radius 1 is 1.10 bits per heavy atom. The van der Waals surface area contributed by atoms with Gasteiger partial charge < -0.3 is 0 Å². The van der Waals surface area contributed by atoms with E-state index in [0.717, 1.165) is 0 Å². The molecule has 1 unspecified atom stereocenters. The minimum absolute atomic E-state index is 0.150. The van der Waals surface area contributed by atoms with Gasteiger partial charge in [-0.1, -0.05) is 43.3 Å². The van der Waals surface area contributed by atoms with Crippen LogP contribution in [0.25, 0.3) is 10.8 Å². The third kappa shape index (κ3) is 3.36. The summed E-state index contributed by atoms with van der Waals surface area (Å²) in [6, 6.07) is 9.06. The van der Waals surface area contributed by atoms with Gasteiger partial charge in [0.25, 0.3) is 0 Å². The van der Waals surface area contributed by atoms with Gasteiger partial charge in [-0.25, -0.2) is 8.42 Å². The van der Waals surface area contributed by atoms with E-state index in [1.807, 2.05) is 0 Å². The molecular weight excluding hydrogens is 303 g/mol. The summed E-state index contributed by atoms with van der Waals surface area (Å²) < 4.78 is 64.5. The first-order chi connectivity index (χ1) is 9.75. The van der Waals surface area contributed by atoms with Crippen molar-refractivity contribution in [1.29, 1.82) is 0 Å². The smallest absolute Gasteiger partial charge is 0.207 e. The molecule has 21 heavy (non-hydrogen) atoms. The summed E-state index contributed by atoms with van der Waals surface area (Å²) in [6.45, 7) is 1.28. The Balaban J connectivity index is 2.48. The summed E-state index contributed by atoms with van der Waals surface area (Å²) in [5.41, 5.74) is 0. The van der Waals surface area contributed by atoms with Crippen molar-refractivity contribution < 1.29 is 21.6 Å². The van der Waals surface area contributed by atoms with Crippen LogP contribution in [-0.4, -0.2) is 20.6 Å². The molecule has 114 valence electrons. The number of hydrogen-bond donors (Lipinski definition) is 1. The van der Waals surface area contributed by atoms with Gasteiger partial charge in [-0.15, -0.1) is 0 Å². The molecule has 0 aliphatic rings. The Labute approximate surface area is 120 Å². The second-order valence-corrected chi connectivity index (χ2v) is 6.28. The maximum Gasteiger partial charge on any atom is 0.404 e. The highest BCUT2D eigenvalue weighted by Gasteiger charge is 2.41. The predicted octanol–water partition coefficient (Wildman–Crippen LogP) is 3.46. The van der Waals surface area contributed by atoms with Gasteiger partial charge in [0.2, 0.25) is 10.0 Å². The van der Waals surface area contributed by atoms with E-state index in [-0.39, 0.29) is 11.3 Å². The highest BCUT2D eigenvalue weighted by molar-refractivity contribution is 7.89. The molecule has 0 amide bonds. The van der Waals surface area contributed by atoms with Gasteiger partial charge >= 0.3 is 6.18 Å². The van der Waals surface area contributed by atoms with Crippen molar-refractivity contribution in [2.75, 3.05) is 0 Å². The maximum atomic E-state index is 12.8. The van der Waals surface area contributed by atoms with Gasteiger partial charge in [-0.05, 0) is 17.9 Å². The van der Waals surface area contributed by atoms with E-state index in [9.17, 15) is 21.6 Å². The molecule has 0 spiro atoms. The summed E-state index contributed by atoms with van der Waals surface area (Å²) in [5, 5.41) is 1.05. The van der Waals surface area contributed by atoms with Crippen molar-refractivity contribution in [3.05, 3.63) is 42.5 Å². The van der Waals surface area contributed by atoms with Gasteiger partial charge in [-0.2, -0.15) is 17.9 Å².